The summed E-state index contributed by atoms with van der Waals surface area (Å²) in [5.74, 6) is 0.316. The lowest BCUT2D eigenvalue weighted by Gasteiger charge is -2.56. The summed E-state index contributed by atoms with van der Waals surface area (Å²) in [6.07, 6.45) is 7.61. The molecule has 3 saturated carbocycles. The molecule has 4 heteroatoms. The van der Waals surface area contributed by atoms with E-state index in [1.165, 1.54) is 0 Å². The van der Waals surface area contributed by atoms with Crippen LogP contribution in [0.15, 0.2) is 11.6 Å². The lowest BCUT2D eigenvalue weighted by molar-refractivity contribution is -0.160. The van der Waals surface area contributed by atoms with E-state index in [0.29, 0.717) is 24.7 Å². The number of aliphatic hydroxyl groups excluding tert-OH is 1. The number of ketones is 1. The number of carbonyl (C=O) groups excluding carboxylic acids is 1. The van der Waals surface area contributed by atoms with Gasteiger partial charge < -0.3 is 10.2 Å². The van der Waals surface area contributed by atoms with Crippen molar-refractivity contribution in [2.45, 2.75) is 64.4 Å². The molecule has 0 aliphatic heterocycles. The first-order valence-corrected chi connectivity index (χ1v) is 9.05. The SMILES string of the molecule is C[C@]12CC[C@H]3[C@@H](CCC4=CC(=O)CC[C@]43C(=O)O)[C@@H]1CC[C@@H]2O. The second kappa shape index (κ2) is 4.92. The summed E-state index contributed by atoms with van der Waals surface area (Å²) >= 11 is 0. The molecular weight excluding hydrogens is 292 g/mol. The molecule has 6 atom stereocenters. The van der Waals surface area contributed by atoms with Crippen molar-refractivity contribution < 1.29 is 19.8 Å². The Kier molecular flexibility index (Phi) is 3.29. The molecule has 0 aromatic carbocycles. The van der Waals surface area contributed by atoms with Crippen LogP contribution in [0, 0.1) is 28.6 Å². The molecule has 0 aromatic heterocycles. The van der Waals surface area contributed by atoms with Crippen LogP contribution >= 0.6 is 0 Å². The van der Waals surface area contributed by atoms with Crippen LogP contribution in [0.5, 0.6) is 0 Å². The van der Waals surface area contributed by atoms with Gasteiger partial charge in [0, 0.05) is 6.42 Å². The highest BCUT2D eigenvalue weighted by molar-refractivity contribution is 5.95. The van der Waals surface area contributed by atoms with E-state index in [2.05, 4.69) is 6.92 Å². The van der Waals surface area contributed by atoms with E-state index < -0.39 is 11.4 Å². The van der Waals surface area contributed by atoms with E-state index in [-0.39, 0.29) is 23.2 Å². The normalized spacial score (nSPS) is 49.0. The van der Waals surface area contributed by atoms with Gasteiger partial charge in [0.2, 0.25) is 0 Å². The Morgan fingerprint density at radius 2 is 1.91 bits per heavy atom. The monoisotopic (exact) mass is 318 g/mol. The van der Waals surface area contributed by atoms with Gasteiger partial charge in [-0.05, 0) is 79.8 Å². The van der Waals surface area contributed by atoms with Crippen LogP contribution in [0.2, 0.25) is 0 Å². The molecule has 2 N–H and O–H groups in total. The number of aliphatic hydroxyl groups is 1. The molecule has 4 aliphatic rings. The molecule has 126 valence electrons. The minimum Gasteiger partial charge on any atom is -0.481 e. The largest absolute Gasteiger partial charge is 0.481 e. The van der Waals surface area contributed by atoms with Gasteiger partial charge in [0.1, 0.15) is 0 Å². The number of hydrogen-bond donors (Lipinski definition) is 2. The van der Waals surface area contributed by atoms with E-state index in [4.69, 9.17) is 0 Å². The maximum Gasteiger partial charge on any atom is 0.314 e. The quantitative estimate of drug-likeness (QED) is 0.779. The highest BCUT2D eigenvalue weighted by atomic mass is 16.4. The number of fused-ring (bicyclic) bond motifs is 5. The van der Waals surface area contributed by atoms with Crippen molar-refractivity contribution in [3.8, 4) is 0 Å². The number of carbonyl (C=O) groups is 2. The van der Waals surface area contributed by atoms with E-state index in [9.17, 15) is 19.8 Å². The molecule has 4 nitrogen and oxygen atoms in total. The van der Waals surface area contributed by atoms with Crippen LogP contribution in [0.4, 0.5) is 0 Å². The fourth-order valence-electron chi connectivity index (χ4n) is 6.59. The fourth-order valence-corrected chi connectivity index (χ4v) is 6.59. The minimum atomic E-state index is -0.814. The summed E-state index contributed by atoms with van der Waals surface area (Å²) in [6, 6.07) is 0. The van der Waals surface area contributed by atoms with Gasteiger partial charge in [-0.1, -0.05) is 6.92 Å². The maximum absolute atomic E-state index is 12.3. The summed E-state index contributed by atoms with van der Waals surface area (Å²) in [4.78, 5) is 24.1. The van der Waals surface area contributed by atoms with E-state index in [0.717, 1.165) is 44.1 Å². The molecular formula is C19H26O4. The smallest absolute Gasteiger partial charge is 0.314 e. The molecule has 0 heterocycles. The summed E-state index contributed by atoms with van der Waals surface area (Å²) in [5.41, 5.74) is 0.0304. The Bertz CT molecular complexity index is 594. The summed E-state index contributed by atoms with van der Waals surface area (Å²) in [7, 11) is 0. The first-order chi connectivity index (χ1) is 10.9. The van der Waals surface area contributed by atoms with Gasteiger partial charge in [0.15, 0.2) is 5.78 Å². The second-order valence-corrected chi connectivity index (χ2v) is 8.47. The van der Waals surface area contributed by atoms with E-state index in [1.807, 2.05) is 0 Å². The first kappa shape index (κ1) is 15.4. The zero-order valence-electron chi connectivity index (χ0n) is 13.8. The van der Waals surface area contributed by atoms with Crippen molar-refractivity contribution in [3.63, 3.8) is 0 Å². The molecule has 23 heavy (non-hydrogen) atoms. The molecule has 0 amide bonds. The van der Waals surface area contributed by atoms with Crippen molar-refractivity contribution in [2.24, 2.45) is 28.6 Å². The molecule has 4 rings (SSSR count). The average Bonchev–Trinajstić information content (AvgIpc) is 2.82. The Hall–Kier alpha value is -1.16. The van der Waals surface area contributed by atoms with Gasteiger partial charge in [-0.25, -0.2) is 0 Å². The predicted molar refractivity (Wildman–Crippen MR) is 84.7 cm³/mol. The molecule has 0 aromatic rings. The Morgan fingerprint density at radius 3 is 2.65 bits per heavy atom. The predicted octanol–water partition coefficient (Wildman–Crippen LogP) is 2.94. The van der Waals surface area contributed by atoms with Crippen LogP contribution in [-0.4, -0.2) is 28.1 Å². The molecule has 0 bridgehead atoms. The van der Waals surface area contributed by atoms with Crippen molar-refractivity contribution in [2.75, 3.05) is 0 Å². The lowest BCUT2D eigenvalue weighted by Crippen LogP contribution is -2.55. The third kappa shape index (κ3) is 1.87. The number of rotatable bonds is 1. The van der Waals surface area contributed by atoms with Crippen LogP contribution < -0.4 is 0 Å². The Morgan fingerprint density at radius 1 is 1.13 bits per heavy atom. The van der Waals surface area contributed by atoms with Gasteiger partial charge in [-0.15, -0.1) is 0 Å². The number of carboxylic acid groups (broad SMARTS) is 1. The number of hydrogen-bond acceptors (Lipinski definition) is 3. The lowest BCUT2D eigenvalue weighted by atomic mass is 9.47. The van der Waals surface area contributed by atoms with Crippen molar-refractivity contribution in [1.29, 1.82) is 0 Å². The second-order valence-electron chi connectivity index (χ2n) is 8.47. The van der Waals surface area contributed by atoms with Crippen LogP contribution in [0.1, 0.15) is 58.3 Å². The van der Waals surface area contributed by atoms with Gasteiger partial charge >= 0.3 is 5.97 Å². The van der Waals surface area contributed by atoms with Gasteiger partial charge in [0.25, 0.3) is 0 Å². The Labute approximate surface area is 137 Å². The average molecular weight is 318 g/mol. The van der Waals surface area contributed by atoms with Gasteiger partial charge in [-0.3, -0.25) is 9.59 Å². The number of aliphatic carboxylic acids is 1. The van der Waals surface area contributed by atoms with Gasteiger partial charge in [-0.2, -0.15) is 0 Å². The molecule has 0 spiro atoms. The zero-order chi connectivity index (χ0) is 16.4. The Balaban J connectivity index is 1.76. The molecule has 0 radical (unpaired) electrons. The third-order valence-corrected chi connectivity index (χ3v) is 7.82. The molecule has 3 fully saturated rings. The van der Waals surface area contributed by atoms with E-state index >= 15 is 0 Å². The first-order valence-electron chi connectivity index (χ1n) is 9.05. The highest BCUT2D eigenvalue weighted by Gasteiger charge is 2.62. The van der Waals surface area contributed by atoms with Crippen LogP contribution in [0.25, 0.3) is 0 Å². The van der Waals surface area contributed by atoms with Crippen LogP contribution in [0.3, 0.4) is 0 Å². The van der Waals surface area contributed by atoms with E-state index in [1.54, 1.807) is 6.08 Å². The zero-order valence-corrected chi connectivity index (χ0v) is 13.8. The topological polar surface area (TPSA) is 74.6 Å². The maximum atomic E-state index is 12.3. The van der Waals surface area contributed by atoms with Crippen molar-refractivity contribution in [3.05, 3.63) is 11.6 Å². The molecule has 4 aliphatic carbocycles. The summed E-state index contributed by atoms with van der Waals surface area (Å²) in [5, 5.41) is 20.5. The third-order valence-electron chi connectivity index (χ3n) is 7.82. The number of carboxylic acids is 1. The van der Waals surface area contributed by atoms with Gasteiger partial charge in [0.05, 0.1) is 11.5 Å². The highest BCUT2D eigenvalue weighted by Crippen LogP contribution is 2.65. The minimum absolute atomic E-state index is 0.0352. The fraction of sp³-hybridized carbons (Fsp3) is 0.789. The van der Waals surface area contributed by atoms with Crippen molar-refractivity contribution in [1.82, 2.24) is 0 Å². The standard InChI is InChI=1S/C19H26O4/c1-18-8-7-15-13(14(18)4-5-16(18)21)3-2-11-10-12(20)6-9-19(11,15)17(22)23/h10,13-16,21H,2-9H2,1H3,(H,22,23)/t13-,14-,15-,16-,18-,19-/m0/s1. The summed E-state index contributed by atoms with van der Waals surface area (Å²) < 4.78 is 0. The van der Waals surface area contributed by atoms with Crippen molar-refractivity contribution >= 4 is 11.8 Å². The molecule has 0 unspecified atom stereocenters. The molecule has 0 saturated heterocycles. The summed E-state index contributed by atoms with van der Waals surface area (Å²) in [6.45, 7) is 2.20. The van der Waals surface area contributed by atoms with Crippen LogP contribution in [-0.2, 0) is 9.59 Å².